The van der Waals surface area contributed by atoms with Crippen molar-refractivity contribution in [3.8, 4) is 0 Å². The largest absolute Gasteiger partial charge is 0.460 e. The molecule has 19 heavy (non-hydrogen) atoms. The molecule has 1 atom stereocenters. The number of esters is 1. The third kappa shape index (κ3) is 7.82. The first-order valence-electron chi connectivity index (χ1n) is 5.98. The van der Waals surface area contributed by atoms with Crippen LogP contribution in [0.4, 0.5) is 0 Å². The number of benzene rings is 1. The summed E-state index contributed by atoms with van der Waals surface area (Å²) in [6.07, 6.45) is 0. The van der Waals surface area contributed by atoms with E-state index in [9.17, 15) is 4.79 Å². The molecular weight excluding hydrogens is 266 g/mol. The third-order valence-corrected chi connectivity index (χ3v) is 2.22. The summed E-state index contributed by atoms with van der Waals surface area (Å²) in [4.78, 5) is 11.6. The van der Waals surface area contributed by atoms with Gasteiger partial charge in [-0.2, -0.15) is 0 Å². The average Bonchev–Trinajstić information content (AvgIpc) is 2.33. The molecule has 0 bridgehead atoms. The molecule has 0 aromatic heterocycles. The summed E-state index contributed by atoms with van der Waals surface area (Å²) >= 11 is 0. The Morgan fingerprint density at radius 1 is 1.26 bits per heavy atom. The second-order valence-electron chi connectivity index (χ2n) is 5.12. The molecular formula is C14H22ClNO3. The van der Waals surface area contributed by atoms with Crippen molar-refractivity contribution in [2.45, 2.75) is 39.0 Å². The zero-order chi connectivity index (χ0) is 13.6. The van der Waals surface area contributed by atoms with E-state index in [1.807, 2.05) is 51.1 Å². The van der Waals surface area contributed by atoms with Gasteiger partial charge in [-0.1, -0.05) is 30.3 Å². The van der Waals surface area contributed by atoms with Crippen LogP contribution in [0.3, 0.4) is 0 Å². The van der Waals surface area contributed by atoms with E-state index in [1.165, 1.54) is 0 Å². The summed E-state index contributed by atoms with van der Waals surface area (Å²) in [5, 5.41) is 0. The highest BCUT2D eigenvalue weighted by molar-refractivity contribution is 5.85. The molecule has 0 aliphatic rings. The normalized spacial score (nSPS) is 12.4. The zero-order valence-corrected chi connectivity index (χ0v) is 12.4. The number of carbonyl (C=O) groups is 1. The van der Waals surface area contributed by atoms with E-state index in [2.05, 4.69) is 0 Å². The van der Waals surface area contributed by atoms with Crippen LogP contribution in [-0.4, -0.2) is 24.2 Å². The van der Waals surface area contributed by atoms with Crippen LogP contribution in [0.15, 0.2) is 30.3 Å². The number of hydrogen-bond donors (Lipinski definition) is 1. The molecule has 0 radical (unpaired) electrons. The molecule has 1 aromatic rings. The lowest BCUT2D eigenvalue weighted by atomic mass is 10.2. The molecule has 2 N–H and O–H groups in total. The molecule has 0 aliphatic heterocycles. The maximum absolute atomic E-state index is 11.6. The van der Waals surface area contributed by atoms with Gasteiger partial charge in [-0.25, -0.2) is 0 Å². The molecule has 0 fully saturated rings. The SMILES string of the molecule is CC(C)(C)OCC(N)C(=O)OCc1ccccc1.Cl. The Labute approximate surface area is 120 Å². The summed E-state index contributed by atoms with van der Waals surface area (Å²) in [6, 6.07) is 8.74. The van der Waals surface area contributed by atoms with Crippen LogP contribution in [0, 0.1) is 0 Å². The van der Waals surface area contributed by atoms with Gasteiger partial charge in [0.05, 0.1) is 12.2 Å². The monoisotopic (exact) mass is 287 g/mol. The van der Waals surface area contributed by atoms with Gasteiger partial charge in [-0.15, -0.1) is 12.4 Å². The van der Waals surface area contributed by atoms with E-state index < -0.39 is 12.0 Å². The number of rotatable bonds is 5. The maximum atomic E-state index is 11.6. The molecule has 1 rings (SSSR count). The molecule has 5 heteroatoms. The minimum Gasteiger partial charge on any atom is -0.460 e. The van der Waals surface area contributed by atoms with Crippen molar-refractivity contribution in [1.29, 1.82) is 0 Å². The van der Waals surface area contributed by atoms with Gasteiger partial charge in [0.25, 0.3) is 0 Å². The van der Waals surface area contributed by atoms with Crippen molar-refractivity contribution < 1.29 is 14.3 Å². The highest BCUT2D eigenvalue weighted by Gasteiger charge is 2.19. The zero-order valence-electron chi connectivity index (χ0n) is 11.6. The summed E-state index contributed by atoms with van der Waals surface area (Å²) in [7, 11) is 0. The lowest BCUT2D eigenvalue weighted by Crippen LogP contribution is -2.39. The number of carbonyl (C=O) groups excluding carboxylic acids is 1. The van der Waals surface area contributed by atoms with Crippen LogP contribution in [0.25, 0.3) is 0 Å². The first-order valence-corrected chi connectivity index (χ1v) is 5.98. The summed E-state index contributed by atoms with van der Waals surface area (Å²) in [5.41, 5.74) is 6.32. The van der Waals surface area contributed by atoms with Crippen LogP contribution in [0.2, 0.25) is 0 Å². The van der Waals surface area contributed by atoms with E-state index in [-0.39, 0.29) is 31.2 Å². The summed E-state index contributed by atoms with van der Waals surface area (Å²) in [5.74, 6) is -0.442. The van der Waals surface area contributed by atoms with Gasteiger partial charge in [0.1, 0.15) is 12.6 Å². The molecule has 1 aromatic carbocycles. The Kier molecular flexibility index (Phi) is 7.68. The molecule has 108 valence electrons. The number of nitrogens with two attached hydrogens (primary N) is 1. The fraction of sp³-hybridized carbons (Fsp3) is 0.500. The number of ether oxygens (including phenoxy) is 2. The Bertz CT molecular complexity index is 376. The molecule has 0 aliphatic carbocycles. The van der Waals surface area contributed by atoms with Crippen LogP contribution < -0.4 is 5.73 Å². The minimum absolute atomic E-state index is 0. The van der Waals surface area contributed by atoms with Crippen molar-refractivity contribution >= 4 is 18.4 Å². The van der Waals surface area contributed by atoms with Gasteiger partial charge in [0.15, 0.2) is 0 Å². The standard InChI is InChI=1S/C14H21NO3.ClH/c1-14(2,3)18-10-12(15)13(16)17-9-11-7-5-4-6-8-11;/h4-8,12H,9-10,15H2,1-3H3;1H. The molecule has 1 unspecified atom stereocenters. The van der Waals surface area contributed by atoms with Gasteiger partial charge in [-0.05, 0) is 26.3 Å². The predicted molar refractivity (Wildman–Crippen MR) is 77.2 cm³/mol. The van der Waals surface area contributed by atoms with E-state index in [1.54, 1.807) is 0 Å². The van der Waals surface area contributed by atoms with Crippen molar-refractivity contribution in [1.82, 2.24) is 0 Å². The molecule has 4 nitrogen and oxygen atoms in total. The Morgan fingerprint density at radius 2 is 1.84 bits per heavy atom. The highest BCUT2D eigenvalue weighted by atomic mass is 35.5. The maximum Gasteiger partial charge on any atom is 0.325 e. The molecule has 0 amide bonds. The van der Waals surface area contributed by atoms with E-state index in [4.69, 9.17) is 15.2 Å². The van der Waals surface area contributed by atoms with Crippen LogP contribution >= 0.6 is 12.4 Å². The second-order valence-corrected chi connectivity index (χ2v) is 5.12. The van der Waals surface area contributed by atoms with Crippen molar-refractivity contribution in [2.24, 2.45) is 5.73 Å². The van der Waals surface area contributed by atoms with E-state index >= 15 is 0 Å². The highest BCUT2D eigenvalue weighted by Crippen LogP contribution is 2.07. The Hall–Kier alpha value is -1.10. The smallest absolute Gasteiger partial charge is 0.325 e. The van der Waals surface area contributed by atoms with Gasteiger partial charge >= 0.3 is 5.97 Å². The minimum atomic E-state index is -0.743. The molecule has 0 saturated carbocycles. The quantitative estimate of drug-likeness (QED) is 0.844. The fourth-order valence-corrected chi connectivity index (χ4v) is 1.24. The molecule has 0 spiro atoms. The first-order chi connectivity index (χ1) is 8.38. The lowest BCUT2D eigenvalue weighted by Gasteiger charge is -2.21. The van der Waals surface area contributed by atoms with Gasteiger partial charge in [0, 0.05) is 0 Å². The van der Waals surface area contributed by atoms with Crippen LogP contribution in [0.1, 0.15) is 26.3 Å². The summed E-state index contributed by atoms with van der Waals surface area (Å²) < 4.78 is 10.5. The van der Waals surface area contributed by atoms with Crippen molar-refractivity contribution in [3.05, 3.63) is 35.9 Å². The van der Waals surface area contributed by atoms with Gasteiger partial charge < -0.3 is 15.2 Å². The van der Waals surface area contributed by atoms with Gasteiger partial charge in [-0.3, -0.25) is 4.79 Å². The van der Waals surface area contributed by atoms with E-state index in [0.29, 0.717) is 0 Å². The van der Waals surface area contributed by atoms with Crippen LogP contribution in [-0.2, 0) is 20.9 Å². The number of hydrogen-bond acceptors (Lipinski definition) is 4. The first kappa shape index (κ1) is 17.9. The Balaban J connectivity index is 0.00000324. The van der Waals surface area contributed by atoms with Crippen LogP contribution in [0.5, 0.6) is 0 Å². The molecule has 0 saturated heterocycles. The fourth-order valence-electron chi connectivity index (χ4n) is 1.24. The Morgan fingerprint density at radius 3 is 2.37 bits per heavy atom. The van der Waals surface area contributed by atoms with Crippen molar-refractivity contribution in [3.63, 3.8) is 0 Å². The number of halogens is 1. The third-order valence-electron chi connectivity index (χ3n) is 2.22. The average molecular weight is 288 g/mol. The van der Waals surface area contributed by atoms with Gasteiger partial charge in [0.2, 0.25) is 0 Å². The van der Waals surface area contributed by atoms with E-state index in [0.717, 1.165) is 5.56 Å². The predicted octanol–water partition coefficient (Wildman–Crippen LogP) is 2.29. The molecule has 0 heterocycles. The summed E-state index contributed by atoms with van der Waals surface area (Å²) in [6.45, 7) is 6.14. The van der Waals surface area contributed by atoms with Crippen molar-refractivity contribution in [2.75, 3.05) is 6.61 Å². The lowest BCUT2D eigenvalue weighted by molar-refractivity contribution is -0.149. The second kappa shape index (κ2) is 8.15. The topological polar surface area (TPSA) is 61.5 Å².